The third kappa shape index (κ3) is 2.68. The first-order valence-electron chi connectivity index (χ1n) is 5.19. The van der Waals surface area contributed by atoms with Gasteiger partial charge in [-0.05, 0) is 26.0 Å². The first-order chi connectivity index (χ1) is 8.06. The number of nitrogens with zero attached hydrogens (tertiary/aromatic N) is 2. The summed E-state index contributed by atoms with van der Waals surface area (Å²) in [4.78, 5) is 29.2. The number of Topliss-reactive ketones (excluding diaryl/α,β-unsaturated/α-hetero) is 1. The molecule has 0 spiro atoms. The van der Waals surface area contributed by atoms with Crippen molar-refractivity contribution in [3.05, 3.63) is 50.3 Å². The van der Waals surface area contributed by atoms with Crippen LogP contribution in [-0.4, -0.2) is 15.3 Å². The summed E-state index contributed by atoms with van der Waals surface area (Å²) >= 11 is 1.44. The molecule has 0 aliphatic heterocycles. The Morgan fingerprint density at radius 2 is 2.18 bits per heavy atom. The van der Waals surface area contributed by atoms with E-state index in [4.69, 9.17) is 0 Å². The molecule has 0 saturated heterocycles. The molecule has 17 heavy (non-hydrogen) atoms. The predicted octanol–water partition coefficient (Wildman–Crippen LogP) is 1.80. The van der Waals surface area contributed by atoms with E-state index in [1.54, 1.807) is 13.0 Å². The van der Waals surface area contributed by atoms with Crippen molar-refractivity contribution in [2.75, 3.05) is 0 Å². The number of carbonyl (C=O) groups excluding carboxylic acids is 1. The second-order valence-electron chi connectivity index (χ2n) is 3.83. The van der Waals surface area contributed by atoms with Gasteiger partial charge >= 0.3 is 0 Å². The van der Waals surface area contributed by atoms with E-state index in [1.165, 1.54) is 28.3 Å². The molecule has 0 N–H and O–H groups in total. The lowest BCUT2D eigenvalue weighted by atomic mass is 10.3. The van der Waals surface area contributed by atoms with Gasteiger partial charge in [-0.1, -0.05) is 0 Å². The highest BCUT2D eigenvalue weighted by atomic mass is 32.1. The molecule has 0 saturated carbocycles. The number of carbonyl (C=O) groups is 1. The van der Waals surface area contributed by atoms with Gasteiger partial charge in [-0.15, -0.1) is 11.3 Å². The number of rotatable bonds is 3. The van der Waals surface area contributed by atoms with Crippen LogP contribution < -0.4 is 5.56 Å². The zero-order valence-electron chi connectivity index (χ0n) is 9.64. The standard InChI is InChI=1S/C12H12N2O2S/c1-8-5-12(16)14(7-13-8)6-10(15)11-4-3-9(2)17-11/h3-5,7H,6H2,1-2H3. The van der Waals surface area contributed by atoms with Gasteiger partial charge in [-0.2, -0.15) is 0 Å². The molecule has 2 heterocycles. The second kappa shape index (κ2) is 4.63. The summed E-state index contributed by atoms with van der Waals surface area (Å²) in [5.74, 6) is -0.0594. The molecule has 4 nitrogen and oxygen atoms in total. The summed E-state index contributed by atoms with van der Waals surface area (Å²) in [5.41, 5.74) is 0.463. The smallest absolute Gasteiger partial charge is 0.253 e. The summed E-state index contributed by atoms with van der Waals surface area (Å²) in [5, 5.41) is 0. The Labute approximate surface area is 103 Å². The van der Waals surface area contributed by atoms with Crippen LogP contribution in [0, 0.1) is 13.8 Å². The summed E-state index contributed by atoms with van der Waals surface area (Å²) in [6, 6.07) is 5.11. The maximum absolute atomic E-state index is 11.9. The van der Waals surface area contributed by atoms with Crippen molar-refractivity contribution in [3.8, 4) is 0 Å². The molecular formula is C12H12N2O2S. The summed E-state index contributed by atoms with van der Waals surface area (Å²) < 4.78 is 1.32. The quantitative estimate of drug-likeness (QED) is 0.778. The van der Waals surface area contributed by atoms with Gasteiger partial charge in [0.2, 0.25) is 0 Å². The monoisotopic (exact) mass is 248 g/mol. The molecule has 0 aliphatic carbocycles. The molecule has 0 fully saturated rings. The molecule has 88 valence electrons. The van der Waals surface area contributed by atoms with Gasteiger partial charge in [-0.3, -0.25) is 14.2 Å². The molecule has 0 unspecified atom stereocenters. The maximum Gasteiger partial charge on any atom is 0.253 e. The van der Waals surface area contributed by atoms with E-state index in [0.717, 1.165) is 4.88 Å². The predicted molar refractivity (Wildman–Crippen MR) is 66.6 cm³/mol. The second-order valence-corrected chi connectivity index (χ2v) is 5.12. The van der Waals surface area contributed by atoms with Crippen molar-refractivity contribution < 1.29 is 4.79 Å². The molecule has 0 radical (unpaired) electrons. The van der Waals surface area contributed by atoms with E-state index >= 15 is 0 Å². The lowest BCUT2D eigenvalue weighted by molar-refractivity contribution is 0.0974. The molecule has 2 rings (SSSR count). The van der Waals surface area contributed by atoms with Gasteiger partial charge < -0.3 is 0 Å². The Balaban J connectivity index is 2.21. The highest BCUT2D eigenvalue weighted by Gasteiger charge is 2.09. The van der Waals surface area contributed by atoms with Crippen molar-refractivity contribution in [1.29, 1.82) is 0 Å². The number of aryl methyl sites for hydroxylation is 2. The van der Waals surface area contributed by atoms with Gasteiger partial charge in [0, 0.05) is 16.6 Å². The number of hydrogen-bond donors (Lipinski definition) is 0. The molecule has 2 aromatic rings. The van der Waals surface area contributed by atoms with Crippen molar-refractivity contribution >= 4 is 17.1 Å². The van der Waals surface area contributed by atoms with Gasteiger partial charge in [-0.25, -0.2) is 4.98 Å². The Bertz CT molecular complexity index is 613. The van der Waals surface area contributed by atoms with E-state index in [-0.39, 0.29) is 17.9 Å². The Morgan fingerprint density at radius 3 is 2.76 bits per heavy atom. The highest BCUT2D eigenvalue weighted by Crippen LogP contribution is 2.15. The van der Waals surface area contributed by atoms with Crippen LogP contribution >= 0.6 is 11.3 Å². The van der Waals surface area contributed by atoms with Crippen molar-refractivity contribution in [2.24, 2.45) is 0 Å². The van der Waals surface area contributed by atoms with Crippen molar-refractivity contribution in [1.82, 2.24) is 9.55 Å². The molecule has 2 aromatic heterocycles. The van der Waals surface area contributed by atoms with Crippen molar-refractivity contribution in [3.63, 3.8) is 0 Å². The summed E-state index contributed by atoms with van der Waals surface area (Å²) in [6.45, 7) is 3.74. The number of aromatic nitrogens is 2. The molecule has 0 bridgehead atoms. The normalized spacial score (nSPS) is 10.5. The van der Waals surface area contributed by atoms with E-state index in [0.29, 0.717) is 10.6 Å². The fourth-order valence-electron chi connectivity index (χ4n) is 1.45. The van der Waals surface area contributed by atoms with E-state index in [9.17, 15) is 9.59 Å². The molecule has 0 aromatic carbocycles. The largest absolute Gasteiger partial charge is 0.291 e. The van der Waals surface area contributed by atoms with Crippen LogP contribution in [-0.2, 0) is 6.54 Å². The Kier molecular flexibility index (Phi) is 3.19. The number of hydrogen-bond acceptors (Lipinski definition) is 4. The van der Waals surface area contributed by atoms with Crippen LogP contribution in [0.5, 0.6) is 0 Å². The minimum atomic E-state index is -0.195. The fourth-order valence-corrected chi connectivity index (χ4v) is 2.25. The van der Waals surface area contributed by atoms with Gasteiger partial charge in [0.05, 0.1) is 17.7 Å². The SMILES string of the molecule is Cc1cc(=O)n(CC(=O)c2ccc(C)s2)cn1. The minimum Gasteiger partial charge on any atom is -0.291 e. The molecule has 5 heteroatoms. The third-order valence-corrected chi connectivity index (χ3v) is 3.39. The zero-order valence-corrected chi connectivity index (χ0v) is 10.5. The maximum atomic E-state index is 11.9. The topological polar surface area (TPSA) is 52.0 Å². The van der Waals surface area contributed by atoms with E-state index in [2.05, 4.69) is 4.98 Å². The van der Waals surface area contributed by atoms with Crippen LogP contribution in [0.25, 0.3) is 0 Å². The summed E-state index contributed by atoms with van der Waals surface area (Å²) in [6.07, 6.45) is 1.41. The average molecular weight is 248 g/mol. The third-order valence-electron chi connectivity index (χ3n) is 2.35. The molecule has 0 aliphatic rings. The minimum absolute atomic E-state index is 0.0477. The average Bonchev–Trinajstić information content (AvgIpc) is 2.69. The number of ketones is 1. The molecule has 0 amide bonds. The first kappa shape index (κ1) is 11.7. The van der Waals surface area contributed by atoms with Gasteiger partial charge in [0.1, 0.15) is 0 Å². The van der Waals surface area contributed by atoms with E-state index < -0.39 is 0 Å². The number of thiophene rings is 1. The highest BCUT2D eigenvalue weighted by molar-refractivity contribution is 7.14. The summed E-state index contributed by atoms with van der Waals surface area (Å²) in [7, 11) is 0. The zero-order chi connectivity index (χ0) is 12.4. The van der Waals surface area contributed by atoms with Gasteiger partial charge in [0.25, 0.3) is 5.56 Å². The first-order valence-corrected chi connectivity index (χ1v) is 6.00. The lowest BCUT2D eigenvalue weighted by Gasteiger charge is -2.02. The van der Waals surface area contributed by atoms with E-state index in [1.807, 2.05) is 13.0 Å². The molecular weight excluding hydrogens is 236 g/mol. The Hall–Kier alpha value is -1.75. The lowest BCUT2D eigenvalue weighted by Crippen LogP contribution is -2.23. The Morgan fingerprint density at radius 1 is 1.41 bits per heavy atom. The van der Waals surface area contributed by atoms with Crippen molar-refractivity contribution in [2.45, 2.75) is 20.4 Å². The fraction of sp³-hybridized carbons (Fsp3) is 0.250. The van der Waals surface area contributed by atoms with Crippen LogP contribution in [0.3, 0.4) is 0 Å². The van der Waals surface area contributed by atoms with Crippen LogP contribution in [0.1, 0.15) is 20.2 Å². The van der Waals surface area contributed by atoms with Gasteiger partial charge in [0.15, 0.2) is 5.78 Å². The van der Waals surface area contributed by atoms with Crippen LogP contribution in [0.4, 0.5) is 0 Å². The van der Waals surface area contributed by atoms with Crippen LogP contribution in [0.2, 0.25) is 0 Å². The van der Waals surface area contributed by atoms with Crippen LogP contribution in [0.15, 0.2) is 29.3 Å². The molecule has 0 atom stereocenters.